The van der Waals surface area contributed by atoms with Crippen molar-refractivity contribution in [3.63, 3.8) is 0 Å². The third kappa shape index (κ3) is 5.04. The number of carbonyl (C=O) groups is 1. The number of benzene rings is 2. The second-order valence-corrected chi connectivity index (χ2v) is 7.87. The summed E-state index contributed by atoms with van der Waals surface area (Å²) in [6.07, 6.45) is -0.852. The lowest BCUT2D eigenvalue weighted by Crippen LogP contribution is -2.24. The second kappa shape index (κ2) is 9.18. The molecular formula is C22H16ClF3N4O4. The van der Waals surface area contributed by atoms with Gasteiger partial charge in [-0.05, 0) is 47.9 Å². The van der Waals surface area contributed by atoms with E-state index in [1.165, 1.54) is 0 Å². The number of aliphatic carboxylic acids is 1. The summed E-state index contributed by atoms with van der Waals surface area (Å²) in [5.41, 5.74) is 3.38. The summed E-state index contributed by atoms with van der Waals surface area (Å²) in [5, 5.41) is 15.1. The van der Waals surface area contributed by atoms with Crippen LogP contribution in [0.3, 0.4) is 0 Å². The van der Waals surface area contributed by atoms with Crippen LogP contribution in [0.1, 0.15) is 17.3 Å². The van der Waals surface area contributed by atoms with E-state index >= 15 is 0 Å². The van der Waals surface area contributed by atoms with E-state index in [4.69, 9.17) is 26.2 Å². The Morgan fingerprint density at radius 3 is 2.62 bits per heavy atom. The Morgan fingerprint density at radius 2 is 1.94 bits per heavy atom. The van der Waals surface area contributed by atoms with E-state index in [0.29, 0.717) is 28.4 Å². The highest BCUT2D eigenvalue weighted by Crippen LogP contribution is 2.33. The number of aromatic amines is 2. The number of ether oxygens (including phenoxy) is 1. The van der Waals surface area contributed by atoms with Crippen molar-refractivity contribution in [3.8, 4) is 16.9 Å². The fourth-order valence-corrected chi connectivity index (χ4v) is 3.67. The van der Waals surface area contributed by atoms with Crippen LogP contribution in [-0.4, -0.2) is 44.0 Å². The molecule has 1 atom stereocenters. The van der Waals surface area contributed by atoms with Gasteiger partial charge in [-0.15, -0.1) is 0 Å². The molecule has 3 heterocycles. The molecule has 0 saturated heterocycles. The molecule has 4 aromatic rings. The Hall–Kier alpha value is -3.86. The van der Waals surface area contributed by atoms with Gasteiger partial charge in [0.05, 0.1) is 29.6 Å². The van der Waals surface area contributed by atoms with Gasteiger partial charge in [0.15, 0.2) is 0 Å². The molecule has 1 aliphatic rings. The molecule has 0 saturated carbocycles. The summed E-state index contributed by atoms with van der Waals surface area (Å²) in [7, 11) is 0. The summed E-state index contributed by atoms with van der Waals surface area (Å²) in [5.74, 6) is -1.31. The van der Waals surface area contributed by atoms with Crippen LogP contribution in [0.4, 0.5) is 13.2 Å². The molecule has 1 unspecified atom stereocenters. The zero-order valence-electron chi connectivity index (χ0n) is 17.2. The maximum absolute atomic E-state index is 12.7. The minimum absolute atomic E-state index is 0.0263. The van der Waals surface area contributed by atoms with Crippen molar-refractivity contribution in [1.82, 2.24) is 20.2 Å². The first-order valence-electron chi connectivity index (χ1n) is 9.86. The van der Waals surface area contributed by atoms with Gasteiger partial charge >= 0.3 is 12.1 Å². The number of rotatable bonds is 2. The number of nitrogens with zero attached hydrogens (tertiary/aromatic N) is 2. The Morgan fingerprint density at radius 1 is 1.18 bits per heavy atom. The molecule has 2 aromatic heterocycles. The number of H-pyrrole nitrogens is 2. The SMILES string of the molecule is O=C(O)C(F)(F)F.O=c1[nH]c(C2COc3ccc(Cl)cc3C2)nc2ccc(-c3cn[nH]c3)cc12. The van der Waals surface area contributed by atoms with E-state index < -0.39 is 12.1 Å². The van der Waals surface area contributed by atoms with E-state index in [0.717, 1.165) is 28.9 Å². The molecule has 12 heteroatoms. The Bertz CT molecular complexity index is 1400. The van der Waals surface area contributed by atoms with Crippen molar-refractivity contribution in [2.24, 2.45) is 0 Å². The number of hydrogen-bond acceptors (Lipinski definition) is 5. The average Bonchev–Trinajstić information content (AvgIpc) is 3.33. The lowest BCUT2D eigenvalue weighted by Gasteiger charge is -2.24. The highest BCUT2D eigenvalue weighted by Gasteiger charge is 2.38. The maximum Gasteiger partial charge on any atom is 0.490 e. The van der Waals surface area contributed by atoms with Gasteiger partial charge in [-0.3, -0.25) is 9.89 Å². The van der Waals surface area contributed by atoms with Crippen LogP contribution >= 0.6 is 11.6 Å². The van der Waals surface area contributed by atoms with Crippen molar-refractivity contribution in [3.05, 3.63) is 75.6 Å². The first kappa shape index (κ1) is 23.3. The second-order valence-electron chi connectivity index (χ2n) is 7.44. The van der Waals surface area contributed by atoms with Gasteiger partial charge in [0.25, 0.3) is 5.56 Å². The van der Waals surface area contributed by atoms with Gasteiger partial charge in [-0.25, -0.2) is 9.78 Å². The number of fused-ring (bicyclic) bond motifs is 2. The molecule has 5 rings (SSSR count). The van der Waals surface area contributed by atoms with E-state index in [2.05, 4.69) is 20.2 Å². The lowest BCUT2D eigenvalue weighted by molar-refractivity contribution is -0.192. The van der Waals surface area contributed by atoms with Crippen molar-refractivity contribution in [1.29, 1.82) is 0 Å². The molecule has 1 aliphatic heterocycles. The number of halogens is 4. The number of aromatic nitrogens is 4. The Balaban J connectivity index is 0.000000344. The highest BCUT2D eigenvalue weighted by molar-refractivity contribution is 6.30. The standard InChI is InChI=1S/C20H15ClN4O2.C2HF3O2/c21-15-2-4-18-12(6-15)5-13(10-27-18)19-24-17-3-1-11(14-8-22-23-9-14)7-16(17)20(26)25-19;3-2(4,5)1(6)7/h1-4,6-9,13H,5,10H2,(H,22,23)(H,24,25,26);(H,6,7). The minimum Gasteiger partial charge on any atom is -0.493 e. The van der Waals surface area contributed by atoms with Crippen molar-refractivity contribution in [2.45, 2.75) is 18.5 Å². The molecule has 34 heavy (non-hydrogen) atoms. The van der Waals surface area contributed by atoms with Gasteiger partial charge in [0.2, 0.25) is 0 Å². The predicted octanol–water partition coefficient (Wildman–Crippen LogP) is 4.32. The van der Waals surface area contributed by atoms with Gasteiger partial charge in [-0.1, -0.05) is 17.7 Å². The molecule has 176 valence electrons. The van der Waals surface area contributed by atoms with Crippen molar-refractivity contribution in [2.75, 3.05) is 6.61 Å². The van der Waals surface area contributed by atoms with Crippen LogP contribution in [0.2, 0.25) is 5.02 Å². The number of carboxylic acids is 1. The predicted molar refractivity (Wildman–Crippen MR) is 117 cm³/mol. The average molecular weight is 493 g/mol. The van der Waals surface area contributed by atoms with Gasteiger partial charge in [0, 0.05) is 16.8 Å². The van der Waals surface area contributed by atoms with Gasteiger partial charge < -0.3 is 14.8 Å². The largest absolute Gasteiger partial charge is 0.493 e. The van der Waals surface area contributed by atoms with Crippen LogP contribution in [-0.2, 0) is 11.2 Å². The summed E-state index contributed by atoms with van der Waals surface area (Å²) >= 11 is 6.10. The summed E-state index contributed by atoms with van der Waals surface area (Å²) in [6, 6.07) is 11.2. The fraction of sp³-hybridized carbons (Fsp3) is 0.182. The van der Waals surface area contributed by atoms with Crippen LogP contribution in [0.15, 0.2) is 53.6 Å². The molecule has 0 fully saturated rings. The first-order valence-corrected chi connectivity index (χ1v) is 10.2. The zero-order valence-corrected chi connectivity index (χ0v) is 17.9. The van der Waals surface area contributed by atoms with E-state index in [-0.39, 0.29) is 11.5 Å². The van der Waals surface area contributed by atoms with Gasteiger partial charge in [-0.2, -0.15) is 18.3 Å². The topological polar surface area (TPSA) is 121 Å². The Kier molecular flexibility index (Phi) is 6.29. The number of carboxylic acid groups (broad SMARTS) is 1. The number of alkyl halides is 3. The fourth-order valence-electron chi connectivity index (χ4n) is 3.48. The minimum atomic E-state index is -5.08. The van der Waals surface area contributed by atoms with E-state index in [9.17, 15) is 18.0 Å². The number of hydrogen-bond donors (Lipinski definition) is 3. The molecule has 8 nitrogen and oxygen atoms in total. The third-order valence-corrected chi connectivity index (χ3v) is 5.35. The summed E-state index contributed by atoms with van der Waals surface area (Å²) < 4.78 is 37.6. The molecule has 2 aromatic carbocycles. The van der Waals surface area contributed by atoms with E-state index in [1.54, 1.807) is 12.4 Å². The summed E-state index contributed by atoms with van der Waals surface area (Å²) in [6.45, 7) is 0.468. The molecule has 0 spiro atoms. The first-order chi connectivity index (χ1) is 16.1. The van der Waals surface area contributed by atoms with E-state index in [1.807, 2.05) is 36.4 Å². The quantitative estimate of drug-likeness (QED) is 0.383. The van der Waals surface area contributed by atoms with Crippen LogP contribution in [0.25, 0.3) is 22.0 Å². The van der Waals surface area contributed by atoms with Crippen molar-refractivity contribution >= 4 is 28.5 Å². The summed E-state index contributed by atoms with van der Waals surface area (Å²) in [4.78, 5) is 29.2. The van der Waals surface area contributed by atoms with Crippen LogP contribution < -0.4 is 10.3 Å². The molecule has 0 amide bonds. The maximum atomic E-state index is 12.7. The normalized spacial score (nSPS) is 15.1. The third-order valence-electron chi connectivity index (χ3n) is 5.11. The van der Waals surface area contributed by atoms with Crippen LogP contribution in [0, 0.1) is 0 Å². The smallest absolute Gasteiger partial charge is 0.490 e. The van der Waals surface area contributed by atoms with Crippen LogP contribution in [0.5, 0.6) is 5.75 Å². The van der Waals surface area contributed by atoms with Gasteiger partial charge in [0.1, 0.15) is 11.6 Å². The van der Waals surface area contributed by atoms with Crippen molar-refractivity contribution < 1.29 is 27.8 Å². The number of nitrogens with one attached hydrogen (secondary N) is 2. The monoisotopic (exact) mass is 492 g/mol. The highest BCUT2D eigenvalue weighted by atomic mass is 35.5. The molecule has 0 bridgehead atoms. The zero-order chi connectivity index (χ0) is 24.5. The molecular weight excluding hydrogens is 477 g/mol. The molecule has 0 aliphatic carbocycles. The Labute approximate surface area is 194 Å². The lowest BCUT2D eigenvalue weighted by atomic mass is 9.96. The molecule has 3 N–H and O–H groups in total. The molecule has 0 radical (unpaired) electrons.